The van der Waals surface area contributed by atoms with E-state index in [1.54, 1.807) is 12.1 Å². The fourth-order valence-electron chi connectivity index (χ4n) is 2.29. The molecule has 0 aromatic heterocycles. The number of rotatable bonds is 6. The Kier molecular flexibility index (Phi) is 4.24. The maximum Gasteiger partial charge on any atom is 0.306 e. The zero-order chi connectivity index (χ0) is 13.0. The van der Waals surface area contributed by atoms with Crippen LogP contribution in [-0.4, -0.2) is 17.7 Å². The molecule has 0 unspecified atom stereocenters. The number of phenolic OH excluding ortho intramolecular Hbond substituents is 1. The van der Waals surface area contributed by atoms with E-state index in [2.05, 4.69) is 0 Å². The van der Waals surface area contributed by atoms with E-state index < -0.39 is 0 Å². The highest BCUT2D eigenvalue weighted by molar-refractivity contribution is 5.70. The average Bonchev–Trinajstić information content (AvgIpc) is 3.12. The third-order valence-electron chi connectivity index (χ3n) is 3.37. The van der Waals surface area contributed by atoms with Crippen molar-refractivity contribution in [3.63, 3.8) is 0 Å². The van der Waals surface area contributed by atoms with Crippen molar-refractivity contribution < 1.29 is 14.6 Å². The maximum absolute atomic E-state index is 11.6. The molecule has 1 aliphatic rings. The Labute approximate surface area is 108 Å². The molecule has 0 radical (unpaired) electrons. The molecule has 0 heterocycles. The molecule has 1 aliphatic carbocycles. The van der Waals surface area contributed by atoms with Gasteiger partial charge in [0.25, 0.3) is 0 Å². The van der Waals surface area contributed by atoms with Crippen molar-refractivity contribution in [2.75, 3.05) is 6.61 Å². The molecule has 0 spiro atoms. The number of hydrogen-bond donors (Lipinski definition) is 1. The largest absolute Gasteiger partial charge is 0.508 e. The first kappa shape index (κ1) is 12.9. The summed E-state index contributed by atoms with van der Waals surface area (Å²) in [7, 11) is 0. The number of esters is 1. The van der Waals surface area contributed by atoms with Crippen LogP contribution in [0, 0.1) is 5.92 Å². The summed E-state index contributed by atoms with van der Waals surface area (Å²) in [6, 6.07) is 7.22. The number of ether oxygens (including phenoxy) is 1. The van der Waals surface area contributed by atoms with E-state index in [9.17, 15) is 9.90 Å². The minimum absolute atomic E-state index is 0.147. The Morgan fingerprint density at radius 3 is 2.89 bits per heavy atom. The molecule has 2 rings (SSSR count). The number of aromatic hydroxyl groups is 1. The molecule has 0 amide bonds. The van der Waals surface area contributed by atoms with Gasteiger partial charge in [0.05, 0.1) is 13.0 Å². The highest BCUT2D eigenvalue weighted by Crippen LogP contribution is 2.40. The van der Waals surface area contributed by atoms with Crippen molar-refractivity contribution in [2.45, 2.75) is 38.5 Å². The van der Waals surface area contributed by atoms with E-state index in [1.807, 2.05) is 19.1 Å². The number of hydrogen-bond acceptors (Lipinski definition) is 3. The van der Waals surface area contributed by atoms with E-state index in [-0.39, 0.29) is 17.6 Å². The van der Waals surface area contributed by atoms with E-state index in [0.717, 1.165) is 17.9 Å². The van der Waals surface area contributed by atoms with Gasteiger partial charge in [-0.3, -0.25) is 4.79 Å². The zero-order valence-electron chi connectivity index (χ0n) is 10.8. The molecule has 3 nitrogen and oxygen atoms in total. The highest BCUT2D eigenvalue weighted by atomic mass is 16.5. The van der Waals surface area contributed by atoms with Gasteiger partial charge < -0.3 is 9.84 Å². The SMILES string of the molecule is CCOC(=O)C[C@H](CC1CC1)c1cccc(O)c1. The van der Waals surface area contributed by atoms with E-state index in [0.29, 0.717) is 13.0 Å². The molecule has 98 valence electrons. The van der Waals surface area contributed by atoms with Gasteiger partial charge in [0.15, 0.2) is 0 Å². The molecule has 3 heteroatoms. The summed E-state index contributed by atoms with van der Waals surface area (Å²) in [5, 5.41) is 9.53. The smallest absolute Gasteiger partial charge is 0.306 e. The summed E-state index contributed by atoms with van der Waals surface area (Å²) >= 11 is 0. The average molecular weight is 248 g/mol. The van der Waals surface area contributed by atoms with E-state index >= 15 is 0 Å². The third-order valence-corrected chi connectivity index (χ3v) is 3.37. The summed E-state index contributed by atoms with van der Waals surface area (Å²) in [5.74, 6) is 1.03. The summed E-state index contributed by atoms with van der Waals surface area (Å²) in [6.45, 7) is 2.25. The molecule has 1 fully saturated rings. The van der Waals surface area contributed by atoms with E-state index in [1.165, 1.54) is 12.8 Å². The molecule has 0 bridgehead atoms. The summed E-state index contributed by atoms with van der Waals surface area (Å²) in [6.07, 6.45) is 3.95. The lowest BCUT2D eigenvalue weighted by Crippen LogP contribution is -2.11. The second-order valence-electron chi connectivity index (χ2n) is 4.98. The molecule has 0 saturated heterocycles. The van der Waals surface area contributed by atoms with Crippen LogP contribution < -0.4 is 0 Å². The van der Waals surface area contributed by atoms with Crippen LogP contribution in [0.5, 0.6) is 5.75 Å². The van der Waals surface area contributed by atoms with Crippen molar-refractivity contribution in [2.24, 2.45) is 5.92 Å². The first-order valence-electron chi connectivity index (χ1n) is 6.63. The maximum atomic E-state index is 11.6. The van der Waals surface area contributed by atoms with Crippen LogP contribution in [0.4, 0.5) is 0 Å². The van der Waals surface area contributed by atoms with Crippen LogP contribution in [0.2, 0.25) is 0 Å². The summed E-state index contributed by atoms with van der Waals surface area (Å²) in [5.41, 5.74) is 1.04. The molecule has 1 saturated carbocycles. The molecule has 0 aliphatic heterocycles. The number of benzene rings is 1. The van der Waals surface area contributed by atoms with Crippen LogP contribution in [0.15, 0.2) is 24.3 Å². The van der Waals surface area contributed by atoms with Crippen LogP contribution in [0.1, 0.15) is 44.1 Å². The van der Waals surface area contributed by atoms with Crippen molar-refractivity contribution in [3.8, 4) is 5.75 Å². The lowest BCUT2D eigenvalue weighted by molar-refractivity contribution is -0.143. The zero-order valence-corrected chi connectivity index (χ0v) is 10.8. The number of carbonyl (C=O) groups is 1. The molecule has 1 N–H and O–H groups in total. The second-order valence-corrected chi connectivity index (χ2v) is 4.98. The standard InChI is InChI=1S/C15H20O3/c1-2-18-15(17)10-13(8-11-6-7-11)12-4-3-5-14(16)9-12/h3-5,9,11,13,16H,2,6-8,10H2,1H3/t13-/m0/s1. The van der Waals surface area contributed by atoms with Crippen molar-refractivity contribution in [1.29, 1.82) is 0 Å². The van der Waals surface area contributed by atoms with Crippen molar-refractivity contribution in [3.05, 3.63) is 29.8 Å². The van der Waals surface area contributed by atoms with Gasteiger partial charge in [-0.1, -0.05) is 25.0 Å². The normalized spacial score (nSPS) is 16.3. The van der Waals surface area contributed by atoms with Gasteiger partial charge in [-0.15, -0.1) is 0 Å². The predicted octanol–water partition coefficient (Wildman–Crippen LogP) is 3.23. The molecule has 18 heavy (non-hydrogen) atoms. The molecular weight excluding hydrogens is 228 g/mol. The van der Waals surface area contributed by atoms with E-state index in [4.69, 9.17) is 4.74 Å². The lowest BCUT2D eigenvalue weighted by atomic mass is 9.90. The van der Waals surface area contributed by atoms with Crippen LogP contribution in [0.25, 0.3) is 0 Å². The molecular formula is C15H20O3. The van der Waals surface area contributed by atoms with Crippen molar-refractivity contribution >= 4 is 5.97 Å². The van der Waals surface area contributed by atoms with Gasteiger partial charge in [0, 0.05) is 0 Å². The fourth-order valence-corrected chi connectivity index (χ4v) is 2.29. The summed E-state index contributed by atoms with van der Waals surface area (Å²) < 4.78 is 5.02. The fraction of sp³-hybridized carbons (Fsp3) is 0.533. The molecule has 1 aromatic rings. The quantitative estimate of drug-likeness (QED) is 0.786. The lowest BCUT2D eigenvalue weighted by Gasteiger charge is -2.16. The van der Waals surface area contributed by atoms with Gasteiger partial charge >= 0.3 is 5.97 Å². The molecule has 1 aromatic carbocycles. The minimum atomic E-state index is -0.147. The Balaban J connectivity index is 2.05. The number of phenols is 1. The van der Waals surface area contributed by atoms with Gasteiger partial charge in [0.2, 0.25) is 0 Å². The Morgan fingerprint density at radius 1 is 1.50 bits per heavy atom. The van der Waals surface area contributed by atoms with Gasteiger partial charge in [-0.2, -0.15) is 0 Å². The van der Waals surface area contributed by atoms with Gasteiger partial charge in [0.1, 0.15) is 5.75 Å². The van der Waals surface area contributed by atoms with Crippen molar-refractivity contribution in [1.82, 2.24) is 0 Å². The first-order chi connectivity index (χ1) is 8.69. The third kappa shape index (κ3) is 3.76. The second kappa shape index (κ2) is 5.89. The predicted molar refractivity (Wildman–Crippen MR) is 69.4 cm³/mol. The highest BCUT2D eigenvalue weighted by Gasteiger charge is 2.28. The van der Waals surface area contributed by atoms with Gasteiger partial charge in [-0.25, -0.2) is 0 Å². The molecule has 1 atom stereocenters. The number of carbonyl (C=O) groups excluding carboxylic acids is 1. The minimum Gasteiger partial charge on any atom is -0.508 e. The Bertz CT molecular complexity index is 410. The Morgan fingerprint density at radius 2 is 2.28 bits per heavy atom. The Hall–Kier alpha value is -1.51. The van der Waals surface area contributed by atoms with Crippen LogP contribution in [-0.2, 0) is 9.53 Å². The topological polar surface area (TPSA) is 46.5 Å². The van der Waals surface area contributed by atoms with Crippen LogP contribution >= 0.6 is 0 Å². The van der Waals surface area contributed by atoms with Gasteiger partial charge in [-0.05, 0) is 42.9 Å². The summed E-state index contributed by atoms with van der Waals surface area (Å²) in [4.78, 5) is 11.6. The monoisotopic (exact) mass is 248 g/mol. The first-order valence-corrected chi connectivity index (χ1v) is 6.63. The van der Waals surface area contributed by atoms with Crippen LogP contribution in [0.3, 0.4) is 0 Å².